The van der Waals surface area contributed by atoms with E-state index in [0.29, 0.717) is 0 Å². The molecule has 120 valence electrons. The number of carboxylic acid groups (broad SMARTS) is 1. The summed E-state index contributed by atoms with van der Waals surface area (Å²) in [5.41, 5.74) is 0.150. The summed E-state index contributed by atoms with van der Waals surface area (Å²) in [5, 5.41) is 10.9. The summed E-state index contributed by atoms with van der Waals surface area (Å²) >= 11 is 4.77. The van der Waals surface area contributed by atoms with E-state index >= 15 is 0 Å². The van der Waals surface area contributed by atoms with Crippen LogP contribution < -0.4 is 5.11 Å². The highest BCUT2D eigenvalue weighted by atomic mass is 79.9. The lowest BCUT2D eigenvalue weighted by molar-refractivity contribution is -0.310. The molecule has 1 heterocycles. The van der Waals surface area contributed by atoms with Crippen molar-refractivity contribution in [2.45, 2.75) is 37.8 Å². The molecule has 1 amide bonds. The molecule has 1 fully saturated rings. The molecule has 5 nitrogen and oxygen atoms in total. The van der Waals surface area contributed by atoms with Crippen LogP contribution in [0.4, 0.5) is 4.79 Å². The van der Waals surface area contributed by atoms with Gasteiger partial charge in [0.25, 0.3) is 0 Å². The zero-order valence-corrected chi connectivity index (χ0v) is 14.9. The maximum absolute atomic E-state index is 12.4. The third kappa shape index (κ3) is 3.95. The van der Waals surface area contributed by atoms with E-state index in [-0.39, 0.29) is 5.75 Å². The molecule has 0 aliphatic carbocycles. The lowest BCUT2D eigenvalue weighted by atomic mass is 10.2. The number of carbonyl (C=O) groups excluding carboxylic acids is 2. The minimum Gasteiger partial charge on any atom is -0.548 e. The van der Waals surface area contributed by atoms with E-state index in [0.717, 1.165) is 10.0 Å². The van der Waals surface area contributed by atoms with Gasteiger partial charge in [0.2, 0.25) is 0 Å². The summed E-state index contributed by atoms with van der Waals surface area (Å²) in [7, 11) is 0. The molecular weight excluding hydrogens is 370 g/mol. The molecule has 0 aromatic heterocycles. The number of hydrogen-bond donors (Lipinski definition) is 0. The van der Waals surface area contributed by atoms with Crippen LogP contribution in [-0.2, 0) is 9.53 Å². The predicted molar refractivity (Wildman–Crippen MR) is 86.2 cm³/mol. The molecule has 22 heavy (non-hydrogen) atoms. The molecular formula is C15H17BrNO4S-. The Labute approximate surface area is 142 Å². The highest BCUT2D eigenvalue weighted by Gasteiger charge is 2.41. The van der Waals surface area contributed by atoms with Crippen molar-refractivity contribution in [3.8, 4) is 0 Å². The number of halogens is 1. The Morgan fingerprint density at radius 3 is 2.64 bits per heavy atom. The first kappa shape index (κ1) is 17.1. The molecule has 1 saturated heterocycles. The van der Waals surface area contributed by atoms with Crippen LogP contribution >= 0.6 is 27.7 Å². The fraction of sp³-hybridized carbons (Fsp3) is 0.467. The van der Waals surface area contributed by atoms with Gasteiger partial charge in [0.1, 0.15) is 11.0 Å². The van der Waals surface area contributed by atoms with Gasteiger partial charge < -0.3 is 14.6 Å². The number of ether oxygens (including phenoxy) is 1. The largest absolute Gasteiger partial charge is 0.548 e. The van der Waals surface area contributed by atoms with Gasteiger partial charge in [-0.2, -0.15) is 0 Å². The quantitative estimate of drug-likeness (QED) is 0.780. The summed E-state index contributed by atoms with van der Waals surface area (Å²) in [6.07, 6.45) is -0.642. The van der Waals surface area contributed by atoms with E-state index in [1.165, 1.54) is 16.7 Å². The SMILES string of the molecule is CC(C)(C)OC(=O)N1[C@@H](C(=O)[O-])CS[C@H]1c1cccc(Br)c1. The van der Waals surface area contributed by atoms with Crippen molar-refractivity contribution in [2.75, 3.05) is 5.75 Å². The van der Waals surface area contributed by atoms with E-state index in [9.17, 15) is 14.7 Å². The van der Waals surface area contributed by atoms with Crippen molar-refractivity contribution >= 4 is 39.8 Å². The smallest absolute Gasteiger partial charge is 0.412 e. The van der Waals surface area contributed by atoms with Gasteiger partial charge >= 0.3 is 6.09 Å². The topological polar surface area (TPSA) is 69.7 Å². The summed E-state index contributed by atoms with van der Waals surface area (Å²) in [6.45, 7) is 5.24. The number of amides is 1. The van der Waals surface area contributed by atoms with E-state index in [1.54, 1.807) is 20.8 Å². The Bertz CT molecular complexity index is 587. The van der Waals surface area contributed by atoms with Gasteiger partial charge in [-0.05, 0) is 38.5 Å². The van der Waals surface area contributed by atoms with E-state index in [1.807, 2.05) is 24.3 Å². The van der Waals surface area contributed by atoms with Crippen LogP contribution in [0.3, 0.4) is 0 Å². The lowest BCUT2D eigenvalue weighted by Gasteiger charge is -2.32. The maximum atomic E-state index is 12.4. The second-order valence-corrected chi connectivity index (χ2v) is 7.99. The minimum atomic E-state index is -1.27. The molecule has 1 aromatic carbocycles. The average molecular weight is 387 g/mol. The molecule has 1 aliphatic heterocycles. The Hall–Kier alpha value is -1.21. The Morgan fingerprint density at radius 1 is 1.41 bits per heavy atom. The molecule has 7 heteroatoms. The second kappa shape index (κ2) is 6.50. The summed E-state index contributed by atoms with van der Waals surface area (Å²) in [5.74, 6) is -0.991. The molecule has 1 aliphatic rings. The van der Waals surface area contributed by atoms with Crippen LogP contribution in [0.2, 0.25) is 0 Å². The van der Waals surface area contributed by atoms with Crippen molar-refractivity contribution in [3.63, 3.8) is 0 Å². The number of carbonyl (C=O) groups is 2. The van der Waals surface area contributed by atoms with Gasteiger partial charge in [0, 0.05) is 10.2 Å². The number of rotatable bonds is 2. The van der Waals surface area contributed by atoms with Gasteiger partial charge in [0.05, 0.1) is 12.0 Å². The van der Waals surface area contributed by atoms with Crippen molar-refractivity contribution in [1.82, 2.24) is 4.90 Å². The first-order chi connectivity index (χ1) is 10.2. The van der Waals surface area contributed by atoms with Crippen LogP contribution in [0, 0.1) is 0 Å². The molecule has 0 bridgehead atoms. The number of thioether (sulfide) groups is 1. The van der Waals surface area contributed by atoms with Gasteiger partial charge in [-0.25, -0.2) is 4.79 Å². The molecule has 0 spiro atoms. The zero-order chi connectivity index (χ0) is 16.5. The highest BCUT2D eigenvalue weighted by Crippen LogP contribution is 2.42. The molecule has 1 aromatic rings. The number of hydrogen-bond acceptors (Lipinski definition) is 5. The normalized spacial score (nSPS) is 21.7. The molecule has 2 atom stereocenters. The number of carboxylic acids is 1. The number of nitrogens with zero attached hydrogens (tertiary/aromatic N) is 1. The van der Waals surface area contributed by atoms with Crippen LogP contribution in [0.25, 0.3) is 0 Å². The fourth-order valence-corrected chi connectivity index (χ4v) is 3.95. The van der Waals surface area contributed by atoms with E-state index in [2.05, 4.69) is 15.9 Å². The molecule has 2 rings (SSSR count). The standard InChI is InChI=1S/C15H18BrNO4S/c1-15(2,3)21-14(20)17-11(13(18)19)8-22-12(17)9-5-4-6-10(16)7-9/h4-7,11-12H,8H2,1-3H3,(H,18,19)/p-1/t11-,12+/m1/s1. The van der Waals surface area contributed by atoms with Gasteiger partial charge in [-0.15, -0.1) is 11.8 Å². The summed E-state index contributed by atoms with van der Waals surface area (Å²) < 4.78 is 6.22. The van der Waals surface area contributed by atoms with Crippen LogP contribution in [0.5, 0.6) is 0 Å². The monoisotopic (exact) mass is 386 g/mol. The number of benzene rings is 1. The third-order valence-electron chi connectivity index (χ3n) is 3.01. The van der Waals surface area contributed by atoms with Gasteiger partial charge in [0.15, 0.2) is 0 Å². The molecule has 0 radical (unpaired) electrons. The van der Waals surface area contributed by atoms with E-state index in [4.69, 9.17) is 4.74 Å². The number of aliphatic carboxylic acids is 1. The summed E-state index contributed by atoms with van der Waals surface area (Å²) in [4.78, 5) is 25.0. The highest BCUT2D eigenvalue weighted by molar-refractivity contribution is 9.10. The van der Waals surface area contributed by atoms with Crippen LogP contribution in [0.15, 0.2) is 28.7 Å². The maximum Gasteiger partial charge on any atom is 0.412 e. The first-order valence-electron chi connectivity index (χ1n) is 6.78. The molecule has 0 unspecified atom stereocenters. The van der Waals surface area contributed by atoms with Gasteiger partial charge in [-0.3, -0.25) is 4.90 Å². The van der Waals surface area contributed by atoms with Crippen molar-refractivity contribution in [2.24, 2.45) is 0 Å². The van der Waals surface area contributed by atoms with Crippen LogP contribution in [-0.4, -0.2) is 34.4 Å². The fourth-order valence-electron chi connectivity index (χ4n) is 2.14. The van der Waals surface area contributed by atoms with Gasteiger partial charge in [-0.1, -0.05) is 28.1 Å². The molecule has 0 N–H and O–H groups in total. The Kier molecular flexibility index (Phi) is 5.07. The third-order valence-corrected chi connectivity index (χ3v) is 4.83. The van der Waals surface area contributed by atoms with Crippen molar-refractivity contribution < 1.29 is 19.4 Å². The van der Waals surface area contributed by atoms with E-state index < -0.39 is 29.1 Å². The van der Waals surface area contributed by atoms with Crippen molar-refractivity contribution in [3.05, 3.63) is 34.3 Å². The lowest BCUT2D eigenvalue weighted by Crippen LogP contribution is -2.50. The average Bonchev–Trinajstić information content (AvgIpc) is 2.81. The minimum absolute atomic E-state index is 0.277. The second-order valence-electron chi connectivity index (χ2n) is 5.96. The molecule has 0 saturated carbocycles. The van der Waals surface area contributed by atoms with Crippen molar-refractivity contribution in [1.29, 1.82) is 0 Å². The predicted octanol–water partition coefficient (Wildman–Crippen LogP) is 2.55. The Balaban J connectivity index is 2.32. The summed E-state index contributed by atoms with van der Waals surface area (Å²) in [6, 6.07) is 6.45. The zero-order valence-electron chi connectivity index (χ0n) is 12.5. The first-order valence-corrected chi connectivity index (χ1v) is 8.62. The Morgan fingerprint density at radius 2 is 2.09 bits per heavy atom. The van der Waals surface area contributed by atoms with Crippen LogP contribution in [0.1, 0.15) is 31.7 Å².